The van der Waals surface area contributed by atoms with Crippen LogP contribution in [0, 0.1) is 0 Å². The molecule has 5 heteroatoms. The van der Waals surface area contributed by atoms with Crippen LogP contribution < -0.4 is 10.2 Å². The van der Waals surface area contributed by atoms with Crippen LogP contribution in [-0.4, -0.2) is 30.8 Å². The van der Waals surface area contributed by atoms with Crippen LogP contribution in [0.5, 0.6) is 0 Å². The predicted molar refractivity (Wildman–Crippen MR) is 111 cm³/mol. The molecular formula is C23H23N2O2S+. The van der Waals surface area contributed by atoms with Gasteiger partial charge in [-0.3, -0.25) is 9.59 Å². The highest BCUT2D eigenvalue weighted by atomic mass is 32.1. The molecule has 1 aliphatic rings. The quantitative estimate of drug-likeness (QED) is 0.635. The van der Waals surface area contributed by atoms with Gasteiger partial charge in [0.05, 0.1) is 29.6 Å². The fourth-order valence-corrected chi connectivity index (χ4v) is 4.46. The summed E-state index contributed by atoms with van der Waals surface area (Å²) in [6.07, 6.45) is 0.953. The number of nitrogens with one attached hydrogen (secondary N) is 2. The molecule has 1 amide bonds. The average molecular weight is 392 g/mol. The summed E-state index contributed by atoms with van der Waals surface area (Å²) in [4.78, 5) is 27.8. The Morgan fingerprint density at radius 2 is 1.71 bits per heavy atom. The highest BCUT2D eigenvalue weighted by molar-refractivity contribution is 7.12. The number of benzene rings is 2. The molecule has 0 radical (unpaired) electrons. The number of ketones is 1. The second-order valence-corrected chi connectivity index (χ2v) is 8.13. The molecule has 1 fully saturated rings. The Kier molecular flexibility index (Phi) is 5.65. The third-order valence-electron chi connectivity index (χ3n) is 5.17. The minimum absolute atomic E-state index is 0.0940. The van der Waals surface area contributed by atoms with E-state index < -0.39 is 0 Å². The summed E-state index contributed by atoms with van der Waals surface area (Å²) < 4.78 is 0. The van der Waals surface area contributed by atoms with Crippen LogP contribution in [0.25, 0.3) is 0 Å². The lowest BCUT2D eigenvalue weighted by Crippen LogP contribution is -3.09. The number of likely N-dealkylation sites (tertiary alicyclic amines) is 1. The molecule has 2 aromatic carbocycles. The molecule has 2 N–H and O–H groups in total. The second kappa shape index (κ2) is 8.50. The van der Waals surface area contributed by atoms with Gasteiger partial charge in [0.15, 0.2) is 0 Å². The number of amides is 1. The molecule has 1 aromatic heterocycles. The standard InChI is InChI=1S/C23H22N2O2S/c26-22(21-11-6-14-28-21)19-9-4-5-10-20(19)23(27)24-18-12-13-25(16-18)15-17-7-2-1-3-8-17/h1-11,14,18H,12-13,15-16H2,(H,24,27)/p+1/t18-/m1/s1. The Labute approximate surface area is 168 Å². The van der Waals surface area contributed by atoms with Gasteiger partial charge in [-0.1, -0.05) is 54.6 Å². The summed E-state index contributed by atoms with van der Waals surface area (Å²) >= 11 is 1.40. The van der Waals surface area contributed by atoms with Crippen molar-refractivity contribution >= 4 is 23.0 Å². The molecular weight excluding hydrogens is 368 g/mol. The van der Waals surface area contributed by atoms with Crippen LogP contribution in [0.4, 0.5) is 0 Å². The lowest BCUT2D eigenvalue weighted by molar-refractivity contribution is -0.901. The van der Waals surface area contributed by atoms with Crippen molar-refractivity contribution in [2.75, 3.05) is 13.1 Å². The molecule has 4 nitrogen and oxygen atoms in total. The van der Waals surface area contributed by atoms with Crippen LogP contribution in [-0.2, 0) is 6.54 Å². The molecule has 1 unspecified atom stereocenters. The minimum Gasteiger partial charge on any atom is -0.343 e. The van der Waals surface area contributed by atoms with Crippen molar-refractivity contribution in [2.45, 2.75) is 19.0 Å². The van der Waals surface area contributed by atoms with Gasteiger partial charge in [0.2, 0.25) is 5.78 Å². The van der Waals surface area contributed by atoms with Crippen LogP contribution in [0.1, 0.15) is 37.6 Å². The van der Waals surface area contributed by atoms with Crippen molar-refractivity contribution in [1.29, 1.82) is 0 Å². The summed E-state index contributed by atoms with van der Waals surface area (Å²) in [5.41, 5.74) is 2.24. The molecule has 2 atom stereocenters. The van der Waals surface area contributed by atoms with E-state index in [0.29, 0.717) is 16.0 Å². The van der Waals surface area contributed by atoms with E-state index >= 15 is 0 Å². The van der Waals surface area contributed by atoms with Crippen LogP contribution in [0.2, 0.25) is 0 Å². The van der Waals surface area contributed by atoms with Gasteiger partial charge in [0, 0.05) is 17.5 Å². The molecule has 4 rings (SSSR count). The van der Waals surface area contributed by atoms with Crippen LogP contribution in [0.3, 0.4) is 0 Å². The Bertz CT molecular complexity index is 954. The van der Waals surface area contributed by atoms with Gasteiger partial charge in [-0.15, -0.1) is 11.3 Å². The first-order chi connectivity index (χ1) is 13.7. The zero-order valence-electron chi connectivity index (χ0n) is 15.6. The van der Waals surface area contributed by atoms with Crippen molar-refractivity contribution in [3.63, 3.8) is 0 Å². The fourth-order valence-electron chi connectivity index (χ4n) is 3.78. The lowest BCUT2D eigenvalue weighted by Gasteiger charge is -2.15. The molecule has 0 saturated carbocycles. The Morgan fingerprint density at radius 1 is 0.964 bits per heavy atom. The van der Waals surface area contributed by atoms with Crippen LogP contribution in [0.15, 0.2) is 72.1 Å². The van der Waals surface area contributed by atoms with Crippen molar-refractivity contribution in [1.82, 2.24) is 5.32 Å². The summed E-state index contributed by atoms with van der Waals surface area (Å²) in [6, 6.07) is 21.3. The Balaban J connectivity index is 1.41. The zero-order chi connectivity index (χ0) is 19.3. The van der Waals surface area contributed by atoms with Gasteiger partial charge in [0.1, 0.15) is 6.54 Å². The monoisotopic (exact) mass is 391 g/mol. The van der Waals surface area contributed by atoms with E-state index in [2.05, 4.69) is 29.6 Å². The summed E-state index contributed by atoms with van der Waals surface area (Å²) in [5.74, 6) is -0.255. The van der Waals surface area contributed by atoms with Gasteiger partial charge >= 0.3 is 0 Å². The average Bonchev–Trinajstić information content (AvgIpc) is 3.41. The third-order valence-corrected chi connectivity index (χ3v) is 6.04. The van der Waals surface area contributed by atoms with E-state index in [-0.39, 0.29) is 17.7 Å². The van der Waals surface area contributed by atoms with Gasteiger partial charge in [-0.05, 0) is 17.5 Å². The summed E-state index contributed by atoms with van der Waals surface area (Å²) in [7, 11) is 0. The van der Waals surface area contributed by atoms with E-state index in [1.165, 1.54) is 21.8 Å². The largest absolute Gasteiger partial charge is 0.343 e. The minimum atomic E-state index is -0.161. The SMILES string of the molecule is O=C(N[C@@H]1CC[NH+](Cc2ccccc2)C1)c1ccccc1C(=O)c1cccs1. The first-order valence-corrected chi connectivity index (χ1v) is 10.4. The summed E-state index contributed by atoms with van der Waals surface area (Å²) in [5, 5.41) is 5.02. The number of carbonyl (C=O) groups is 2. The van der Waals surface area contributed by atoms with E-state index in [1.807, 2.05) is 23.6 Å². The lowest BCUT2D eigenvalue weighted by atomic mass is 10.0. The fraction of sp³-hybridized carbons (Fsp3) is 0.217. The zero-order valence-corrected chi connectivity index (χ0v) is 16.4. The highest BCUT2D eigenvalue weighted by Gasteiger charge is 2.28. The normalized spacial score (nSPS) is 18.7. The Morgan fingerprint density at radius 3 is 2.46 bits per heavy atom. The summed E-state index contributed by atoms with van der Waals surface area (Å²) in [6.45, 7) is 2.91. The third kappa shape index (κ3) is 4.21. The molecule has 142 valence electrons. The number of rotatable bonds is 6. The first-order valence-electron chi connectivity index (χ1n) is 9.56. The van der Waals surface area contributed by atoms with Crippen molar-refractivity contribution in [2.24, 2.45) is 0 Å². The van der Waals surface area contributed by atoms with Crippen molar-refractivity contribution < 1.29 is 14.5 Å². The number of quaternary nitrogens is 1. The van der Waals surface area contributed by atoms with Gasteiger partial charge in [-0.25, -0.2) is 0 Å². The van der Waals surface area contributed by atoms with E-state index in [4.69, 9.17) is 0 Å². The molecule has 2 heterocycles. The maximum Gasteiger partial charge on any atom is 0.252 e. The molecule has 28 heavy (non-hydrogen) atoms. The number of carbonyl (C=O) groups excluding carboxylic acids is 2. The maximum atomic E-state index is 12.9. The van der Waals surface area contributed by atoms with E-state index in [9.17, 15) is 9.59 Å². The molecule has 1 aliphatic heterocycles. The first kappa shape index (κ1) is 18.6. The second-order valence-electron chi connectivity index (χ2n) is 7.18. The van der Waals surface area contributed by atoms with E-state index in [1.54, 1.807) is 24.3 Å². The van der Waals surface area contributed by atoms with Gasteiger partial charge in [0.25, 0.3) is 5.91 Å². The van der Waals surface area contributed by atoms with Gasteiger partial charge in [-0.2, -0.15) is 0 Å². The highest BCUT2D eigenvalue weighted by Crippen LogP contribution is 2.18. The smallest absolute Gasteiger partial charge is 0.252 e. The topological polar surface area (TPSA) is 50.6 Å². The predicted octanol–water partition coefficient (Wildman–Crippen LogP) is 2.57. The van der Waals surface area contributed by atoms with E-state index in [0.717, 1.165) is 26.1 Å². The Hall–Kier alpha value is -2.76. The molecule has 0 bridgehead atoms. The molecule has 1 saturated heterocycles. The number of hydrogen-bond acceptors (Lipinski definition) is 3. The molecule has 0 spiro atoms. The maximum absolute atomic E-state index is 12.9. The number of hydrogen-bond donors (Lipinski definition) is 2. The van der Waals surface area contributed by atoms with Crippen molar-refractivity contribution in [3.8, 4) is 0 Å². The van der Waals surface area contributed by atoms with Crippen LogP contribution >= 0.6 is 11.3 Å². The number of thiophene rings is 1. The van der Waals surface area contributed by atoms with Crippen molar-refractivity contribution in [3.05, 3.63) is 93.7 Å². The molecule has 0 aliphatic carbocycles. The van der Waals surface area contributed by atoms with Gasteiger partial charge < -0.3 is 10.2 Å². The molecule has 3 aromatic rings.